The molecule has 5 nitrogen and oxygen atoms in total. The molecule has 0 bridgehead atoms. The fourth-order valence-corrected chi connectivity index (χ4v) is 4.22. The smallest absolute Gasteiger partial charge is 0.321 e. The predicted octanol–water partition coefficient (Wildman–Crippen LogP) is 8.70. The highest BCUT2D eigenvalue weighted by Gasteiger charge is 2.74. The third-order valence-corrected chi connectivity index (χ3v) is 6.59. The van der Waals surface area contributed by atoms with E-state index in [4.69, 9.17) is 0 Å². The number of anilines is 2. The summed E-state index contributed by atoms with van der Waals surface area (Å²) in [6.45, 7) is 0. The van der Waals surface area contributed by atoms with Gasteiger partial charge in [0, 0.05) is 30.1 Å². The molecule has 1 aromatic heterocycles. The van der Waals surface area contributed by atoms with Gasteiger partial charge in [0.05, 0.1) is 22.4 Å². The van der Waals surface area contributed by atoms with Gasteiger partial charge in [0.2, 0.25) is 0 Å². The SMILES string of the molecule is CN(C(=O)c1cccnc1Br)c1cccc(C(=O)Nc2c(C(F)(F)F)cc(C(F)(C(F)(F)F)C(F)(F)F)cc2C(F)(F)F)c1. The van der Waals surface area contributed by atoms with Crippen LogP contribution in [0.2, 0.25) is 0 Å². The lowest BCUT2D eigenvalue weighted by Crippen LogP contribution is -2.50. The van der Waals surface area contributed by atoms with Crippen LogP contribution in [-0.4, -0.2) is 36.2 Å². The summed E-state index contributed by atoms with van der Waals surface area (Å²) in [6.07, 6.45) is -25.0. The first kappa shape index (κ1) is 34.6. The van der Waals surface area contributed by atoms with Crippen LogP contribution in [0.25, 0.3) is 0 Å². The van der Waals surface area contributed by atoms with Crippen LogP contribution < -0.4 is 10.2 Å². The number of benzene rings is 2. The van der Waals surface area contributed by atoms with Crippen molar-refractivity contribution in [3.63, 3.8) is 0 Å². The molecular formula is C25H13BrF13N3O2. The molecule has 238 valence electrons. The highest BCUT2D eigenvalue weighted by Crippen LogP contribution is 2.55. The number of nitrogens with zero attached hydrogens (tertiary/aromatic N) is 2. The van der Waals surface area contributed by atoms with E-state index in [9.17, 15) is 66.7 Å². The molecule has 2 amide bonds. The number of carbonyl (C=O) groups excluding carboxylic acids is 2. The lowest BCUT2D eigenvalue weighted by atomic mass is 9.89. The van der Waals surface area contributed by atoms with Gasteiger partial charge >= 0.3 is 30.4 Å². The van der Waals surface area contributed by atoms with Crippen molar-refractivity contribution in [2.45, 2.75) is 30.4 Å². The topological polar surface area (TPSA) is 62.3 Å². The first-order valence-electron chi connectivity index (χ1n) is 11.4. The Bertz CT molecular complexity index is 1530. The molecule has 44 heavy (non-hydrogen) atoms. The molecule has 0 saturated heterocycles. The summed E-state index contributed by atoms with van der Waals surface area (Å²) in [5, 5.41) is 1.22. The van der Waals surface area contributed by atoms with Crippen molar-refractivity contribution in [2.75, 3.05) is 17.3 Å². The van der Waals surface area contributed by atoms with E-state index < -0.39 is 82.3 Å². The number of hydrogen-bond acceptors (Lipinski definition) is 3. The van der Waals surface area contributed by atoms with Crippen LogP contribution in [0.1, 0.15) is 37.4 Å². The van der Waals surface area contributed by atoms with Crippen molar-refractivity contribution in [3.8, 4) is 0 Å². The fraction of sp³-hybridized carbons (Fsp3) is 0.240. The number of pyridine rings is 1. The van der Waals surface area contributed by atoms with Gasteiger partial charge in [-0.25, -0.2) is 9.37 Å². The van der Waals surface area contributed by atoms with Crippen molar-refractivity contribution >= 4 is 39.1 Å². The van der Waals surface area contributed by atoms with E-state index in [0.29, 0.717) is 0 Å². The van der Waals surface area contributed by atoms with Gasteiger partial charge in [0.25, 0.3) is 11.8 Å². The van der Waals surface area contributed by atoms with E-state index in [1.165, 1.54) is 36.8 Å². The average molecular weight is 714 g/mol. The molecule has 0 fully saturated rings. The highest BCUT2D eigenvalue weighted by atomic mass is 79.9. The molecule has 1 heterocycles. The van der Waals surface area contributed by atoms with Gasteiger partial charge in [-0.1, -0.05) is 6.07 Å². The first-order chi connectivity index (χ1) is 19.9. The molecule has 0 spiro atoms. The number of alkyl halides is 13. The molecule has 0 aliphatic rings. The molecule has 0 aliphatic heterocycles. The summed E-state index contributed by atoms with van der Waals surface area (Å²) < 4.78 is 177. The monoisotopic (exact) mass is 713 g/mol. The Morgan fingerprint density at radius 3 is 1.75 bits per heavy atom. The van der Waals surface area contributed by atoms with Crippen LogP contribution in [-0.2, 0) is 18.0 Å². The van der Waals surface area contributed by atoms with Gasteiger partial charge in [0.1, 0.15) is 4.60 Å². The lowest BCUT2D eigenvalue weighted by molar-refractivity contribution is -0.348. The Labute approximate surface area is 245 Å². The molecule has 0 unspecified atom stereocenters. The normalized spacial score (nSPS) is 13.1. The zero-order valence-corrected chi connectivity index (χ0v) is 22.8. The Morgan fingerprint density at radius 2 is 1.30 bits per heavy atom. The van der Waals surface area contributed by atoms with Crippen LogP contribution in [0.3, 0.4) is 0 Å². The minimum Gasteiger partial charge on any atom is -0.321 e. The number of rotatable bonds is 5. The predicted molar refractivity (Wildman–Crippen MR) is 130 cm³/mol. The van der Waals surface area contributed by atoms with Gasteiger partial charge in [0.15, 0.2) is 0 Å². The van der Waals surface area contributed by atoms with Crippen LogP contribution in [0.15, 0.2) is 59.3 Å². The van der Waals surface area contributed by atoms with Crippen molar-refractivity contribution in [1.82, 2.24) is 4.98 Å². The number of hydrogen-bond donors (Lipinski definition) is 1. The van der Waals surface area contributed by atoms with E-state index in [1.54, 1.807) is 0 Å². The van der Waals surface area contributed by atoms with E-state index in [2.05, 4.69) is 20.9 Å². The molecule has 3 rings (SSSR count). The number of aromatic nitrogens is 1. The molecule has 0 aliphatic carbocycles. The van der Waals surface area contributed by atoms with Gasteiger partial charge < -0.3 is 10.2 Å². The number of halogens is 14. The Morgan fingerprint density at radius 1 is 0.773 bits per heavy atom. The molecule has 3 aromatic rings. The summed E-state index contributed by atoms with van der Waals surface area (Å²) in [5.74, 6) is -2.49. The molecular weight excluding hydrogens is 701 g/mol. The van der Waals surface area contributed by atoms with Crippen LogP contribution >= 0.6 is 15.9 Å². The maximum Gasteiger partial charge on any atom is 0.435 e. The maximum absolute atomic E-state index is 14.6. The molecule has 19 heteroatoms. The summed E-state index contributed by atoms with van der Waals surface area (Å²) in [7, 11) is 1.19. The van der Waals surface area contributed by atoms with Crippen LogP contribution in [0.4, 0.5) is 68.5 Å². The van der Waals surface area contributed by atoms with Crippen molar-refractivity contribution in [3.05, 3.63) is 87.1 Å². The van der Waals surface area contributed by atoms with E-state index in [-0.39, 0.29) is 15.9 Å². The Kier molecular flexibility index (Phi) is 9.08. The van der Waals surface area contributed by atoms with Crippen molar-refractivity contribution in [1.29, 1.82) is 0 Å². The summed E-state index contributed by atoms with van der Waals surface area (Å²) >= 11 is 3.04. The van der Waals surface area contributed by atoms with Gasteiger partial charge in [-0.15, -0.1) is 0 Å². The minimum absolute atomic E-state index is 0.0104. The zero-order chi connectivity index (χ0) is 33.6. The van der Waals surface area contributed by atoms with E-state index in [0.717, 1.165) is 23.1 Å². The van der Waals surface area contributed by atoms with E-state index in [1.807, 2.05) is 0 Å². The van der Waals surface area contributed by atoms with Gasteiger partial charge in [-0.3, -0.25) is 9.59 Å². The van der Waals surface area contributed by atoms with Crippen LogP contribution in [0, 0.1) is 0 Å². The number of carbonyl (C=O) groups is 2. The fourth-order valence-electron chi connectivity index (χ4n) is 3.80. The third-order valence-electron chi connectivity index (χ3n) is 5.96. The molecule has 2 aromatic carbocycles. The summed E-state index contributed by atoms with van der Waals surface area (Å²) in [6, 6.07) is 4.50. The molecule has 0 atom stereocenters. The van der Waals surface area contributed by atoms with Gasteiger partial charge in [-0.2, -0.15) is 52.7 Å². The Hall–Kier alpha value is -3.90. The van der Waals surface area contributed by atoms with Gasteiger partial charge in [-0.05, 0) is 58.4 Å². The Balaban J connectivity index is 2.17. The van der Waals surface area contributed by atoms with Crippen molar-refractivity contribution < 1.29 is 66.7 Å². The molecule has 0 saturated carbocycles. The third kappa shape index (κ3) is 6.61. The molecule has 0 radical (unpaired) electrons. The van der Waals surface area contributed by atoms with Crippen LogP contribution in [0.5, 0.6) is 0 Å². The average Bonchev–Trinajstić information content (AvgIpc) is 2.89. The number of nitrogens with one attached hydrogen (secondary N) is 1. The highest BCUT2D eigenvalue weighted by molar-refractivity contribution is 9.10. The second kappa shape index (κ2) is 11.6. The standard InChI is InChI=1S/C25H13BrF13N3O2/c1-42(20(44)14-6-3-7-40-18(14)26)13-5-2-4-11(8-13)19(43)41-17-15(22(28,29)30)9-12(10-16(17)23(31,32)33)21(27,24(34,35)36)25(37,38)39/h2-10H,1H3,(H,41,43). The largest absolute Gasteiger partial charge is 0.435 e. The molecule has 1 N–H and O–H groups in total. The zero-order valence-electron chi connectivity index (χ0n) is 21.2. The number of amides is 2. The first-order valence-corrected chi connectivity index (χ1v) is 12.2. The van der Waals surface area contributed by atoms with Crippen molar-refractivity contribution in [2.24, 2.45) is 0 Å². The second-order valence-electron chi connectivity index (χ2n) is 8.81. The lowest BCUT2D eigenvalue weighted by Gasteiger charge is -2.32. The minimum atomic E-state index is -7.04. The second-order valence-corrected chi connectivity index (χ2v) is 9.56. The quantitative estimate of drug-likeness (QED) is 0.213. The summed E-state index contributed by atoms with van der Waals surface area (Å²) in [5.41, 5.74) is -18.5. The summed E-state index contributed by atoms with van der Waals surface area (Å²) in [4.78, 5) is 30.4. The maximum atomic E-state index is 14.6. The van der Waals surface area contributed by atoms with E-state index >= 15 is 0 Å².